The maximum Gasteiger partial charge on any atom is 0.323 e. The van der Waals surface area contributed by atoms with E-state index in [0.29, 0.717) is 5.69 Å². The predicted octanol–water partition coefficient (Wildman–Crippen LogP) is 1.31. The molecular weight excluding hydrogens is 232 g/mol. The molecule has 5 nitrogen and oxygen atoms in total. The number of carboxylic acids is 1. The van der Waals surface area contributed by atoms with E-state index in [-0.39, 0.29) is 0 Å². The summed E-state index contributed by atoms with van der Waals surface area (Å²) in [6.45, 7) is 1.22. The van der Waals surface area contributed by atoms with Crippen LogP contribution in [0.5, 0.6) is 0 Å². The lowest BCUT2D eigenvalue weighted by Crippen LogP contribution is -2.45. The second kappa shape index (κ2) is 6.30. The van der Waals surface area contributed by atoms with Crippen LogP contribution in [0.2, 0.25) is 0 Å². The van der Waals surface area contributed by atoms with Gasteiger partial charge in [-0.05, 0) is 19.1 Å². The second-order valence-corrected chi connectivity index (χ2v) is 3.65. The predicted molar refractivity (Wildman–Crippen MR) is 68.3 cm³/mol. The van der Waals surface area contributed by atoms with E-state index >= 15 is 0 Å². The lowest BCUT2D eigenvalue weighted by molar-refractivity contribution is -0.135. The van der Waals surface area contributed by atoms with Crippen LogP contribution in [0, 0.1) is 12.3 Å². The Hall–Kier alpha value is -2.48. The first-order valence-electron chi connectivity index (χ1n) is 5.35. The topological polar surface area (TPSA) is 69.6 Å². The molecule has 1 atom stereocenters. The van der Waals surface area contributed by atoms with Crippen molar-refractivity contribution in [3.63, 3.8) is 0 Å². The number of rotatable bonds is 4. The van der Waals surface area contributed by atoms with Crippen LogP contribution in [-0.4, -0.2) is 29.7 Å². The van der Waals surface area contributed by atoms with Crippen molar-refractivity contribution in [2.45, 2.75) is 13.0 Å². The maximum atomic E-state index is 11.9. The van der Waals surface area contributed by atoms with Gasteiger partial charge in [0.25, 0.3) is 0 Å². The highest BCUT2D eigenvalue weighted by Gasteiger charge is 2.19. The van der Waals surface area contributed by atoms with E-state index in [1.165, 1.54) is 0 Å². The number of aliphatic carboxylic acids is 1. The van der Waals surface area contributed by atoms with Gasteiger partial charge in [-0.25, -0.2) is 4.79 Å². The minimum Gasteiger partial charge on any atom is -0.480 e. The molecule has 0 radical (unpaired) electrons. The molecule has 0 saturated heterocycles. The van der Waals surface area contributed by atoms with Crippen LogP contribution in [0.4, 0.5) is 10.5 Å². The van der Waals surface area contributed by atoms with Crippen LogP contribution in [0.3, 0.4) is 0 Å². The van der Waals surface area contributed by atoms with Crippen molar-refractivity contribution in [2.75, 3.05) is 11.4 Å². The lowest BCUT2D eigenvalue weighted by Gasteiger charge is -2.22. The molecule has 0 aliphatic carbocycles. The monoisotopic (exact) mass is 246 g/mol. The number of carboxylic acid groups (broad SMARTS) is 1. The highest BCUT2D eigenvalue weighted by molar-refractivity contribution is 5.96. The zero-order valence-corrected chi connectivity index (χ0v) is 9.96. The van der Waals surface area contributed by atoms with Crippen molar-refractivity contribution in [3.8, 4) is 12.3 Å². The normalized spacial score (nSPS) is 11.1. The van der Waals surface area contributed by atoms with E-state index < -0.39 is 24.6 Å². The van der Waals surface area contributed by atoms with Gasteiger partial charge in [-0.15, -0.1) is 6.42 Å². The number of carbonyl (C=O) groups excluding carboxylic acids is 1. The molecule has 1 rings (SSSR count). The highest BCUT2D eigenvalue weighted by Crippen LogP contribution is 2.13. The average Bonchev–Trinajstić information content (AvgIpc) is 2.36. The molecule has 18 heavy (non-hydrogen) atoms. The Morgan fingerprint density at radius 1 is 1.44 bits per heavy atom. The van der Waals surface area contributed by atoms with E-state index in [0.717, 1.165) is 4.90 Å². The van der Waals surface area contributed by atoms with Crippen molar-refractivity contribution in [1.29, 1.82) is 0 Å². The summed E-state index contributed by atoms with van der Waals surface area (Å²) in [5.41, 5.74) is 0.502. The molecular formula is C13H14N2O3. The Balaban J connectivity index is 2.89. The Morgan fingerprint density at radius 2 is 2.06 bits per heavy atom. The van der Waals surface area contributed by atoms with Crippen LogP contribution in [0.25, 0.3) is 0 Å². The van der Waals surface area contributed by atoms with Crippen LogP contribution in [-0.2, 0) is 4.79 Å². The molecule has 0 bridgehead atoms. The summed E-state index contributed by atoms with van der Waals surface area (Å²) in [6.07, 6.45) is 5.16. The summed E-state index contributed by atoms with van der Waals surface area (Å²) in [4.78, 5) is 23.8. The molecule has 0 saturated carbocycles. The lowest BCUT2D eigenvalue weighted by atomic mass is 10.3. The zero-order chi connectivity index (χ0) is 13.5. The number of carbonyl (C=O) groups is 2. The third-order valence-electron chi connectivity index (χ3n) is 2.20. The second-order valence-electron chi connectivity index (χ2n) is 3.65. The molecule has 0 fully saturated rings. The van der Waals surface area contributed by atoms with Crippen molar-refractivity contribution in [1.82, 2.24) is 5.32 Å². The molecule has 1 aromatic carbocycles. The van der Waals surface area contributed by atoms with Crippen molar-refractivity contribution in [2.24, 2.45) is 0 Å². The van der Waals surface area contributed by atoms with Gasteiger partial charge >= 0.3 is 12.0 Å². The number of amides is 2. The number of benzene rings is 1. The van der Waals surface area contributed by atoms with Crippen LogP contribution in [0.1, 0.15) is 6.92 Å². The number of anilines is 1. The van der Waals surface area contributed by atoms with Crippen molar-refractivity contribution < 1.29 is 14.7 Å². The molecule has 0 aromatic heterocycles. The van der Waals surface area contributed by atoms with Crippen LogP contribution < -0.4 is 10.2 Å². The Labute approximate surface area is 105 Å². The van der Waals surface area contributed by atoms with Gasteiger partial charge in [0.2, 0.25) is 0 Å². The SMILES string of the molecule is C#CC(C)NC(=O)N(CC(=O)O)c1ccccc1. The largest absolute Gasteiger partial charge is 0.480 e. The smallest absolute Gasteiger partial charge is 0.323 e. The van der Waals surface area contributed by atoms with Gasteiger partial charge in [0.15, 0.2) is 0 Å². The summed E-state index contributed by atoms with van der Waals surface area (Å²) < 4.78 is 0. The van der Waals surface area contributed by atoms with Crippen molar-refractivity contribution in [3.05, 3.63) is 30.3 Å². The molecule has 0 aliphatic rings. The minimum atomic E-state index is -1.10. The fourth-order valence-corrected chi connectivity index (χ4v) is 1.33. The Kier molecular flexibility index (Phi) is 4.76. The van der Waals surface area contributed by atoms with E-state index in [1.807, 2.05) is 0 Å². The van der Waals surface area contributed by atoms with Gasteiger partial charge in [-0.3, -0.25) is 9.69 Å². The van der Waals surface area contributed by atoms with Gasteiger partial charge in [0.05, 0.1) is 6.04 Å². The van der Waals surface area contributed by atoms with Gasteiger partial charge < -0.3 is 10.4 Å². The molecule has 1 unspecified atom stereocenters. The number of hydrogen-bond acceptors (Lipinski definition) is 2. The molecule has 0 heterocycles. The molecule has 2 N–H and O–H groups in total. The number of para-hydroxylation sites is 1. The molecule has 1 aromatic rings. The van der Waals surface area contributed by atoms with E-state index in [9.17, 15) is 9.59 Å². The maximum absolute atomic E-state index is 11.9. The summed E-state index contributed by atoms with van der Waals surface area (Å²) in [6, 6.07) is 7.55. The average molecular weight is 246 g/mol. The third-order valence-corrected chi connectivity index (χ3v) is 2.20. The van der Waals surface area contributed by atoms with E-state index in [4.69, 9.17) is 11.5 Å². The van der Waals surface area contributed by atoms with Gasteiger partial charge in [0, 0.05) is 5.69 Å². The zero-order valence-electron chi connectivity index (χ0n) is 9.96. The number of nitrogens with zero attached hydrogens (tertiary/aromatic N) is 1. The summed E-state index contributed by atoms with van der Waals surface area (Å²) in [7, 11) is 0. The minimum absolute atomic E-state index is 0.423. The summed E-state index contributed by atoms with van der Waals surface area (Å²) >= 11 is 0. The molecule has 5 heteroatoms. The van der Waals surface area contributed by atoms with Gasteiger partial charge in [-0.1, -0.05) is 24.1 Å². The quantitative estimate of drug-likeness (QED) is 0.787. The first-order chi connectivity index (χ1) is 8.54. The van der Waals surface area contributed by atoms with Gasteiger partial charge in [-0.2, -0.15) is 0 Å². The molecule has 0 spiro atoms. The fourth-order valence-electron chi connectivity index (χ4n) is 1.33. The van der Waals surface area contributed by atoms with Crippen LogP contribution in [0.15, 0.2) is 30.3 Å². The third kappa shape index (κ3) is 3.83. The summed E-state index contributed by atoms with van der Waals surface area (Å²) in [5.74, 6) is 1.25. The molecule has 94 valence electrons. The first kappa shape index (κ1) is 13.6. The Bertz CT molecular complexity index is 465. The fraction of sp³-hybridized carbons (Fsp3) is 0.231. The number of terminal acetylenes is 1. The standard InChI is InChI=1S/C13H14N2O3/c1-3-10(2)14-13(18)15(9-12(16)17)11-7-5-4-6-8-11/h1,4-8,10H,9H2,2H3,(H,14,18)(H,16,17). The number of hydrogen-bond donors (Lipinski definition) is 2. The number of nitrogens with one attached hydrogen (secondary N) is 1. The molecule has 2 amide bonds. The van der Waals surface area contributed by atoms with Crippen LogP contribution >= 0.6 is 0 Å². The van der Waals surface area contributed by atoms with E-state index in [2.05, 4.69) is 11.2 Å². The Morgan fingerprint density at radius 3 is 2.56 bits per heavy atom. The molecule has 0 aliphatic heterocycles. The first-order valence-corrected chi connectivity index (χ1v) is 5.35. The highest BCUT2D eigenvalue weighted by atomic mass is 16.4. The van der Waals surface area contributed by atoms with Gasteiger partial charge in [0.1, 0.15) is 6.54 Å². The summed E-state index contributed by atoms with van der Waals surface area (Å²) in [5, 5.41) is 11.3. The van der Waals surface area contributed by atoms with Crippen molar-refractivity contribution >= 4 is 17.7 Å². The van der Waals surface area contributed by atoms with E-state index in [1.54, 1.807) is 37.3 Å². The number of urea groups is 1.